The van der Waals surface area contributed by atoms with Crippen LogP contribution in [-0.2, 0) is 19.0 Å². The van der Waals surface area contributed by atoms with Crippen molar-refractivity contribution in [1.29, 1.82) is 0 Å². The highest BCUT2D eigenvalue weighted by molar-refractivity contribution is 8.00. The van der Waals surface area contributed by atoms with E-state index in [0.29, 0.717) is 5.75 Å². The largest absolute Gasteiger partial charge is 0.399 e. The van der Waals surface area contributed by atoms with Crippen LogP contribution in [0.1, 0.15) is 40.0 Å². The highest BCUT2D eigenvalue weighted by Crippen LogP contribution is 2.59. The van der Waals surface area contributed by atoms with Crippen molar-refractivity contribution in [3.05, 3.63) is 35.9 Å². The highest BCUT2D eigenvalue weighted by Gasteiger charge is 2.71. The molecule has 7 heteroatoms. The van der Waals surface area contributed by atoms with Gasteiger partial charge in [0, 0.05) is 23.6 Å². The number of allylic oxidation sites excluding steroid dienone is 1. The summed E-state index contributed by atoms with van der Waals surface area (Å²) in [6.45, 7) is 7.15. The van der Waals surface area contributed by atoms with Gasteiger partial charge in [-0.25, -0.2) is 0 Å². The number of hydrogen-bond acceptors (Lipinski definition) is 6. The predicted octanol–water partition coefficient (Wildman–Crippen LogP) is 3.55. The molecule has 0 aromatic heterocycles. The molecule has 170 valence electrons. The number of epoxide rings is 2. The SMILES string of the molecule is CO[C@@H]1[C@H](NC(=O)CSc2ccc(N)cc2)CC[C@]2(CO2)[C@H]1[C@]1(C)O[C@@H]1CC=C(C)C. The molecule has 1 saturated carbocycles. The molecule has 3 aliphatic rings. The van der Waals surface area contributed by atoms with Crippen LogP contribution < -0.4 is 11.1 Å². The number of thioether (sulfide) groups is 1. The number of ether oxygens (including phenoxy) is 3. The number of rotatable bonds is 8. The summed E-state index contributed by atoms with van der Waals surface area (Å²) in [6, 6.07) is 7.53. The van der Waals surface area contributed by atoms with Crippen LogP contribution >= 0.6 is 11.8 Å². The maximum Gasteiger partial charge on any atom is 0.230 e. The van der Waals surface area contributed by atoms with Gasteiger partial charge in [0.25, 0.3) is 0 Å². The molecule has 1 aromatic rings. The van der Waals surface area contributed by atoms with Crippen LogP contribution in [0.25, 0.3) is 0 Å². The highest BCUT2D eigenvalue weighted by atomic mass is 32.2. The Morgan fingerprint density at radius 3 is 2.68 bits per heavy atom. The van der Waals surface area contributed by atoms with Crippen molar-refractivity contribution in [3.63, 3.8) is 0 Å². The minimum atomic E-state index is -0.286. The predicted molar refractivity (Wildman–Crippen MR) is 123 cm³/mol. The average Bonchev–Trinajstić information content (AvgIpc) is 3.65. The van der Waals surface area contributed by atoms with E-state index in [9.17, 15) is 4.79 Å². The zero-order valence-electron chi connectivity index (χ0n) is 18.9. The van der Waals surface area contributed by atoms with Crippen LogP contribution in [0.15, 0.2) is 40.8 Å². The third-order valence-electron chi connectivity index (χ3n) is 6.89. The molecule has 2 heterocycles. The summed E-state index contributed by atoms with van der Waals surface area (Å²) in [5.41, 5.74) is 7.30. The summed E-state index contributed by atoms with van der Waals surface area (Å²) in [7, 11) is 1.73. The topological polar surface area (TPSA) is 89.4 Å². The molecule has 2 saturated heterocycles. The molecule has 31 heavy (non-hydrogen) atoms. The lowest BCUT2D eigenvalue weighted by atomic mass is 9.67. The Labute approximate surface area is 189 Å². The fourth-order valence-corrected chi connectivity index (χ4v) is 5.81. The second-order valence-corrected chi connectivity index (χ2v) is 10.5. The van der Waals surface area contributed by atoms with Gasteiger partial charge in [-0.05, 0) is 64.3 Å². The van der Waals surface area contributed by atoms with E-state index in [2.05, 4.69) is 32.2 Å². The van der Waals surface area contributed by atoms with Gasteiger partial charge in [0.15, 0.2) is 0 Å². The van der Waals surface area contributed by atoms with Gasteiger partial charge in [0.1, 0.15) is 5.60 Å². The number of nitrogens with one attached hydrogen (secondary N) is 1. The summed E-state index contributed by atoms with van der Waals surface area (Å²) in [4.78, 5) is 13.7. The molecule has 1 aliphatic carbocycles. The van der Waals surface area contributed by atoms with Crippen molar-refractivity contribution in [3.8, 4) is 0 Å². The molecule has 3 fully saturated rings. The Bertz CT molecular complexity index is 834. The monoisotopic (exact) mass is 446 g/mol. The molecule has 0 radical (unpaired) electrons. The normalized spacial score (nSPS) is 36.1. The Morgan fingerprint density at radius 2 is 2.06 bits per heavy atom. The molecular formula is C24H34N2O4S. The number of nitrogens with two attached hydrogens (primary N) is 1. The van der Waals surface area contributed by atoms with Gasteiger partial charge < -0.3 is 25.3 Å². The Balaban J connectivity index is 1.40. The van der Waals surface area contributed by atoms with E-state index in [0.717, 1.165) is 36.5 Å². The van der Waals surface area contributed by atoms with E-state index in [-0.39, 0.29) is 41.3 Å². The number of methoxy groups -OCH3 is 1. The molecule has 3 N–H and O–H groups in total. The zero-order valence-corrected chi connectivity index (χ0v) is 19.7. The molecule has 1 amide bonds. The van der Waals surface area contributed by atoms with Crippen molar-refractivity contribution in [2.24, 2.45) is 5.92 Å². The maximum atomic E-state index is 12.7. The molecule has 1 spiro atoms. The number of benzene rings is 1. The lowest BCUT2D eigenvalue weighted by molar-refractivity contribution is -0.123. The lowest BCUT2D eigenvalue weighted by Gasteiger charge is -2.43. The number of hydrogen-bond donors (Lipinski definition) is 2. The van der Waals surface area contributed by atoms with Gasteiger partial charge in [-0.3, -0.25) is 4.79 Å². The summed E-state index contributed by atoms with van der Waals surface area (Å²) in [5.74, 6) is 0.479. The van der Waals surface area contributed by atoms with Gasteiger partial charge in [0.05, 0.1) is 36.2 Å². The van der Waals surface area contributed by atoms with Crippen LogP contribution in [-0.4, -0.2) is 54.8 Å². The van der Waals surface area contributed by atoms with Crippen molar-refractivity contribution >= 4 is 23.4 Å². The van der Waals surface area contributed by atoms with E-state index in [1.165, 1.54) is 17.3 Å². The number of amides is 1. The first kappa shape index (κ1) is 22.6. The Hall–Kier alpha value is -1.54. The molecule has 6 atom stereocenters. The third-order valence-corrected chi connectivity index (χ3v) is 7.90. The van der Waals surface area contributed by atoms with Gasteiger partial charge in [0.2, 0.25) is 5.91 Å². The summed E-state index contributed by atoms with van der Waals surface area (Å²) in [5, 5.41) is 3.23. The molecule has 4 rings (SSSR count). The molecule has 1 aromatic carbocycles. The quantitative estimate of drug-likeness (QED) is 0.275. The van der Waals surface area contributed by atoms with Gasteiger partial charge in [-0.1, -0.05) is 11.6 Å². The first-order valence-corrected chi connectivity index (χ1v) is 12.0. The van der Waals surface area contributed by atoms with Gasteiger partial charge in [-0.15, -0.1) is 11.8 Å². The minimum Gasteiger partial charge on any atom is -0.399 e. The van der Waals surface area contributed by atoms with Crippen molar-refractivity contribution in [2.75, 3.05) is 25.2 Å². The fourth-order valence-electron chi connectivity index (χ4n) is 5.10. The van der Waals surface area contributed by atoms with Gasteiger partial charge in [-0.2, -0.15) is 0 Å². The van der Waals surface area contributed by atoms with Crippen LogP contribution in [0.5, 0.6) is 0 Å². The molecule has 0 bridgehead atoms. The Morgan fingerprint density at radius 1 is 1.35 bits per heavy atom. The smallest absolute Gasteiger partial charge is 0.230 e. The standard InChI is InChI=1S/C24H34N2O4S/c1-15(2)5-10-19-23(3,30-19)22-21(28-4)18(11-12-24(22)14-29-24)26-20(27)13-31-17-8-6-16(25)7-9-17/h5-9,18-19,21-22H,10-14,25H2,1-4H3,(H,26,27)/t18-,19-,21-,22-,23-,24+/m1/s1. The van der Waals surface area contributed by atoms with Crippen LogP contribution in [0.3, 0.4) is 0 Å². The van der Waals surface area contributed by atoms with Crippen molar-refractivity contribution < 1.29 is 19.0 Å². The van der Waals surface area contributed by atoms with Gasteiger partial charge >= 0.3 is 0 Å². The van der Waals surface area contributed by atoms with Crippen molar-refractivity contribution in [1.82, 2.24) is 5.32 Å². The van der Waals surface area contributed by atoms with E-state index in [1.54, 1.807) is 7.11 Å². The maximum absolute atomic E-state index is 12.7. The number of nitrogen functional groups attached to an aromatic ring is 1. The fraction of sp³-hybridized carbons (Fsp3) is 0.625. The number of anilines is 1. The first-order chi connectivity index (χ1) is 14.8. The van der Waals surface area contributed by atoms with Crippen LogP contribution in [0, 0.1) is 5.92 Å². The minimum absolute atomic E-state index is 0.0169. The molecule has 6 nitrogen and oxygen atoms in total. The van der Waals surface area contributed by atoms with Crippen LogP contribution in [0.2, 0.25) is 0 Å². The lowest BCUT2D eigenvalue weighted by Crippen LogP contribution is -2.59. The molecular weight excluding hydrogens is 412 g/mol. The van der Waals surface area contributed by atoms with E-state index < -0.39 is 0 Å². The van der Waals surface area contributed by atoms with E-state index in [1.807, 2.05) is 24.3 Å². The third kappa shape index (κ3) is 4.80. The van der Waals surface area contributed by atoms with E-state index >= 15 is 0 Å². The second kappa shape index (κ2) is 8.77. The second-order valence-electron chi connectivity index (χ2n) is 9.41. The number of carbonyl (C=O) groups excluding carboxylic acids is 1. The Kier molecular flexibility index (Phi) is 6.41. The zero-order chi connectivity index (χ0) is 22.2. The summed E-state index contributed by atoms with van der Waals surface area (Å²) < 4.78 is 18.2. The summed E-state index contributed by atoms with van der Waals surface area (Å²) in [6.07, 6.45) is 4.93. The number of carbonyl (C=O) groups is 1. The van der Waals surface area contributed by atoms with E-state index in [4.69, 9.17) is 19.9 Å². The first-order valence-electron chi connectivity index (χ1n) is 11.0. The molecule has 2 aliphatic heterocycles. The van der Waals surface area contributed by atoms with Crippen LogP contribution in [0.4, 0.5) is 5.69 Å². The molecule has 0 unspecified atom stereocenters. The average molecular weight is 447 g/mol. The summed E-state index contributed by atoms with van der Waals surface area (Å²) >= 11 is 1.51. The van der Waals surface area contributed by atoms with Crippen molar-refractivity contribution in [2.45, 2.75) is 74.4 Å².